The number of nitrogens with zero attached hydrogens (tertiary/aromatic N) is 1. The molecule has 0 saturated heterocycles. The second kappa shape index (κ2) is 7.30. The van der Waals surface area contributed by atoms with Gasteiger partial charge in [-0.15, -0.1) is 0 Å². The minimum Gasteiger partial charge on any atom is -0.494 e. The molecular formula is C17H18FN3O4S. The third-order valence-electron chi connectivity index (χ3n) is 3.81. The van der Waals surface area contributed by atoms with Crippen LogP contribution >= 0.6 is 0 Å². The van der Waals surface area contributed by atoms with Gasteiger partial charge < -0.3 is 9.72 Å². The molecule has 3 aromatic rings. The van der Waals surface area contributed by atoms with Crippen LogP contribution in [-0.2, 0) is 16.6 Å². The van der Waals surface area contributed by atoms with Crippen molar-refractivity contribution in [3.05, 3.63) is 58.8 Å². The number of imidazole rings is 1. The molecule has 0 fully saturated rings. The molecule has 3 rings (SSSR count). The van der Waals surface area contributed by atoms with Crippen molar-refractivity contribution >= 4 is 21.1 Å². The quantitative estimate of drug-likeness (QED) is 0.655. The zero-order valence-corrected chi connectivity index (χ0v) is 14.8. The third-order valence-corrected chi connectivity index (χ3v) is 5.29. The lowest BCUT2D eigenvalue weighted by Gasteiger charge is -2.09. The molecule has 0 radical (unpaired) electrons. The molecule has 26 heavy (non-hydrogen) atoms. The van der Waals surface area contributed by atoms with Crippen molar-refractivity contribution in [1.82, 2.24) is 14.3 Å². The molecule has 0 aliphatic carbocycles. The number of rotatable bonds is 7. The minimum absolute atomic E-state index is 0.0137. The number of hydrogen-bond acceptors (Lipinski definition) is 4. The fourth-order valence-electron chi connectivity index (χ4n) is 2.61. The SMILES string of the molecule is CCOc1ccc(S(=O)(=O)NCCn2c(=O)[nH]c3cc(F)ccc32)cc1. The topological polar surface area (TPSA) is 93.2 Å². The molecule has 138 valence electrons. The predicted octanol–water partition coefficient (Wildman–Crippen LogP) is 1.85. The van der Waals surface area contributed by atoms with Gasteiger partial charge in [0.05, 0.1) is 22.5 Å². The molecule has 2 aromatic carbocycles. The van der Waals surface area contributed by atoms with E-state index in [9.17, 15) is 17.6 Å². The van der Waals surface area contributed by atoms with E-state index in [1.807, 2.05) is 6.92 Å². The summed E-state index contributed by atoms with van der Waals surface area (Å²) >= 11 is 0. The van der Waals surface area contributed by atoms with Crippen LogP contribution in [0.3, 0.4) is 0 Å². The number of nitrogens with one attached hydrogen (secondary N) is 2. The van der Waals surface area contributed by atoms with Gasteiger partial charge in [0.1, 0.15) is 11.6 Å². The number of hydrogen-bond donors (Lipinski definition) is 2. The van der Waals surface area contributed by atoms with E-state index in [0.29, 0.717) is 23.4 Å². The average Bonchev–Trinajstić information content (AvgIpc) is 2.90. The number of ether oxygens (including phenoxy) is 1. The van der Waals surface area contributed by atoms with Crippen LogP contribution in [0.25, 0.3) is 11.0 Å². The first-order valence-electron chi connectivity index (χ1n) is 8.01. The molecule has 0 aliphatic heterocycles. The zero-order chi connectivity index (χ0) is 18.7. The summed E-state index contributed by atoms with van der Waals surface area (Å²) in [5.41, 5.74) is 0.451. The van der Waals surface area contributed by atoms with Crippen LogP contribution in [0, 0.1) is 5.82 Å². The summed E-state index contributed by atoms with van der Waals surface area (Å²) in [6.45, 7) is 2.46. The number of aromatic amines is 1. The van der Waals surface area contributed by atoms with Gasteiger partial charge in [0.2, 0.25) is 10.0 Å². The predicted molar refractivity (Wildman–Crippen MR) is 95.3 cm³/mol. The molecule has 0 bridgehead atoms. The van der Waals surface area contributed by atoms with Crippen LogP contribution in [0.2, 0.25) is 0 Å². The van der Waals surface area contributed by atoms with Crippen molar-refractivity contribution < 1.29 is 17.5 Å². The first-order valence-corrected chi connectivity index (χ1v) is 9.49. The Kier molecular flexibility index (Phi) is 5.10. The van der Waals surface area contributed by atoms with E-state index in [4.69, 9.17) is 4.74 Å². The monoisotopic (exact) mass is 379 g/mol. The molecule has 0 aliphatic rings. The van der Waals surface area contributed by atoms with Crippen molar-refractivity contribution in [2.45, 2.75) is 18.4 Å². The number of H-pyrrole nitrogens is 1. The molecule has 0 atom stereocenters. The third kappa shape index (κ3) is 3.78. The van der Waals surface area contributed by atoms with E-state index in [0.717, 1.165) is 0 Å². The lowest BCUT2D eigenvalue weighted by atomic mass is 10.3. The summed E-state index contributed by atoms with van der Waals surface area (Å²) in [4.78, 5) is 14.6. The second-order valence-electron chi connectivity index (χ2n) is 5.55. The van der Waals surface area contributed by atoms with E-state index < -0.39 is 21.5 Å². The molecular weight excluding hydrogens is 361 g/mol. The van der Waals surface area contributed by atoms with Crippen LogP contribution in [0.15, 0.2) is 52.2 Å². The van der Waals surface area contributed by atoms with Crippen molar-refractivity contribution in [2.75, 3.05) is 13.2 Å². The molecule has 0 saturated carbocycles. The molecule has 0 spiro atoms. The number of sulfonamides is 1. The first kappa shape index (κ1) is 18.2. The van der Waals surface area contributed by atoms with Crippen LogP contribution in [0.5, 0.6) is 5.75 Å². The van der Waals surface area contributed by atoms with Gasteiger partial charge in [0.25, 0.3) is 0 Å². The lowest BCUT2D eigenvalue weighted by Crippen LogP contribution is -2.30. The summed E-state index contributed by atoms with van der Waals surface area (Å²) in [5, 5.41) is 0. The molecule has 7 nitrogen and oxygen atoms in total. The maximum Gasteiger partial charge on any atom is 0.326 e. The lowest BCUT2D eigenvalue weighted by molar-refractivity contribution is 0.340. The van der Waals surface area contributed by atoms with Crippen LogP contribution in [-0.4, -0.2) is 31.1 Å². The highest BCUT2D eigenvalue weighted by molar-refractivity contribution is 7.89. The number of fused-ring (bicyclic) bond motifs is 1. The van der Waals surface area contributed by atoms with Crippen LogP contribution < -0.4 is 15.1 Å². The summed E-state index contributed by atoms with van der Waals surface area (Å²) in [6, 6.07) is 10.0. The van der Waals surface area contributed by atoms with Gasteiger partial charge in [-0.05, 0) is 49.4 Å². The van der Waals surface area contributed by atoms with E-state index in [1.54, 1.807) is 12.1 Å². The Labute approximate surface area is 149 Å². The normalized spacial score (nSPS) is 11.8. The van der Waals surface area contributed by atoms with Gasteiger partial charge in [-0.3, -0.25) is 4.57 Å². The Morgan fingerprint density at radius 3 is 2.62 bits per heavy atom. The summed E-state index contributed by atoms with van der Waals surface area (Å²) in [7, 11) is -3.71. The fraction of sp³-hybridized carbons (Fsp3) is 0.235. The number of aromatic nitrogens is 2. The van der Waals surface area contributed by atoms with Crippen molar-refractivity contribution in [3.8, 4) is 5.75 Å². The summed E-state index contributed by atoms with van der Waals surface area (Å²) < 4.78 is 47.0. The second-order valence-corrected chi connectivity index (χ2v) is 7.31. The van der Waals surface area contributed by atoms with Gasteiger partial charge in [-0.1, -0.05) is 0 Å². The van der Waals surface area contributed by atoms with Gasteiger partial charge in [-0.25, -0.2) is 22.3 Å². The van der Waals surface area contributed by atoms with E-state index in [-0.39, 0.29) is 18.0 Å². The molecule has 1 aromatic heterocycles. The van der Waals surface area contributed by atoms with E-state index in [2.05, 4.69) is 9.71 Å². The summed E-state index contributed by atoms with van der Waals surface area (Å²) in [5.74, 6) is 0.131. The first-order chi connectivity index (χ1) is 12.4. The van der Waals surface area contributed by atoms with Crippen LogP contribution in [0.1, 0.15) is 6.92 Å². The molecule has 9 heteroatoms. The van der Waals surface area contributed by atoms with Crippen LogP contribution in [0.4, 0.5) is 4.39 Å². The van der Waals surface area contributed by atoms with Crippen molar-refractivity contribution in [2.24, 2.45) is 0 Å². The van der Waals surface area contributed by atoms with Gasteiger partial charge >= 0.3 is 5.69 Å². The maximum absolute atomic E-state index is 13.2. The van der Waals surface area contributed by atoms with E-state index in [1.165, 1.54) is 34.9 Å². The number of benzene rings is 2. The highest BCUT2D eigenvalue weighted by Gasteiger charge is 2.14. The fourth-order valence-corrected chi connectivity index (χ4v) is 3.64. The smallest absolute Gasteiger partial charge is 0.326 e. The largest absolute Gasteiger partial charge is 0.494 e. The van der Waals surface area contributed by atoms with Gasteiger partial charge in [0.15, 0.2) is 0 Å². The summed E-state index contributed by atoms with van der Waals surface area (Å²) in [6.07, 6.45) is 0. The van der Waals surface area contributed by atoms with Crippen molar-refractivity contribution in [1.29, 1.82) is 0 Å². The average molecular weight is 379 g/mol. The highest BCUT2D eigenvalue weighted by atomic mass is 32.2. The zero-order valence-electron chi connectivity index (χ0n) is 14.0. The van der Waals surface area contributed by atoms with Crippen molar-refractivity contribution in [3.63, 3.8) is 0 Å². The Hall–Kier alpha value is -2.65. The minimum atomic E-state index is -3.71. The Morgan fingerprint density at radius 2 is 1.92 bits per heavy atom. The Balaban J connectivity index is 1.71. The Morgan fingerprint density at radius 1 is 1.19 bits per heavy atom. The molecule has 1 heterocycles. The van der Waals surface area contributed by atoms with E-state index >= 15 is 0 Å². The molecule has 0 amide bonds. The van der Waals surface area contributed by atoms with Gasteiger partial charge in [0, 0.05) is 13.1 Å². The highest BCUT2D eigenvalue weighted by Crippen LogP contribution is 2.16. The van der Waals surface area contributed by atoms with Gasteiger partial charge in [-0.2, -0.15) is 0 Å². The standard InChI is InChI=1S/C17H18FN3O4S/c1-2-25-13-4-6-14(7-5-13)26(23,24)19-9-10-21-16-8-3-12(18)11-15(16)20-17(21)22/h3-8,11,19H,2,9-10H2,1H3,(H,20,22). The molecule has 2 N–H and O–H groups in total. The molecule has 0 unspecified atom stereocenters. The maximum atomic E-state index is 13.2. The number of halogens is 1. The Bertz CT molecular complexity index is 1070.